The number of carboxylic acid groups (broad SMARTS) is 1. The molecule has 36 heavy (non-hydrogen) atoms. The number of carbonyl (C=O) groups excluding carboxylic acids is 1. The first-order valence-electron chi connectivity index (χ1n) is 11.3. The number of pyridine rings is 1. The molecule has 1 amide bonds. The highest BCUT2D eigenvalue weighted by atomic mass is 19.1. The summed E-state index contributed by atoms with van der Waals surface area (Å²) in [7, 11) is 0. The van der Waals surface area contributed by atoms with Crippen LogP contribution in [0.4, 0.5) is 14.6 Å². The van der Waals surface area contributed by atoms with Crippen LogP contribution in [0.2, 0.25) is 0 Å². The predicted molar refractivity (Wildman–Crippen MR) is 133 cm³/mol. The average Bonchev–Trinajstić information content (AvgIpc) is 3.16. The number of aromatic nitrogens is 2. The number of benzene rings is 2. The van der Waals surface area contributed by atoms with E-state index in [-0.39, 0.29) is 23.2 Å². The fourth-order valence-electron chi connectivity index (χ4n) is 3.82. The third-order valence-corrected chi connectivity index (χ3v) is 5.45. The summed E-state index contributed by atoms with van der Waals surface area (Å²) >= 11 is 0. The van der Waals surface area contributed by atoms with Gasteiger partial charge in [0.1, 0.15) is 34.8 Å². The number of hydrogen-bond acceptors (Lipinski definition) is 4. The lowest BCUT2D eigenvalue weighted by molar-refractivity contribution is -0.139. The molecule has 0 spiro atoms. The van der Waals surface area contributed by atoms with Crippen molar-refractivity contribution in [3.05, 3.63) is 89.6 Å². The number of amides is 1. The molecular formula is C27H26F2N4O3. The molecule has 0 bridgehead atoms. The van der Waals surface area contributed by atoms with Crippen molar-refractivity contribution in [3.8, 4) is 11.3 Å². The molecule has 0 radical (unpaired) electrons. The molecule has 186 valence electrons. The van der Waals surface area contributed by atoms with Crippen LogP contribution >= 0.6 is 0 Å². The van der Waals surface area contributed by atoms with Crippen molar-refractivity contribution in [2.75, 3.05) is 5.32 Å². The van der Waals surface area contributed by atoms with Crippen molar-refractivity contribution in [2.24, 2.45) is 0 Å². The molecule has 0 fully saturated rings. The monoisotopic (exact) mass is 492 g/mol. The summed E-state index contributed by atoms with van der Waals surface area (Å²) in [6.45, 7) is 5.75. The van der Waals surface area contributed by atoms with Gasteiger partial charge in [-0.3, -0.25) is 9.20 Å². The quantitative estimate of drug-likeness (QED) is 0.341. The lowest BCUT2D eigenvalue weighted by Gasteiger charge is -2.22. The molecule has 7 nitrogen and oxygen atoms in total. The molecule has 1 unspecified atom stereocenters. The van der Waals surface area contributed by atoms with Crippen LogP contribution < -0.4 is 10.6 Å². The van der Waals surface area contributed by atoms with Gasteiger partial charge in [-0.15, -0.1) is 0 Å². The first-order chi connectivity index (χ1) is 17.0. The van der Waals surface area contributed by atoms with Gasteiger partial charge in [0.25, 0.3) is 5.91 Å². The summed E-state index contributed by atoms with van der Waals surface area (Å²) in [5.41, 5.74) is 0.991. The van der Waals surface area contributed by atoms with Crippen LogP contribution in [-0.4, -0.2) is 37.9 Å². The second-order valence-corrected chi connectivity index (χ2v) is 9.51. The third kappa shape index (κ3) is 5.51. The van der Waals surface area contributed by atoms with Crippen molar-refractivity contribution in [2.45, 2.75) is 38.8 Å². The molecule has 0 aliphatic heterocycles. The Kier molecular flexibility index (Phi) is 6.74. The maximum atomic E-state index is 14.6. The Hall–Kier alpha value is -4.27. The molecule has 4 rings (SSSR count). The van der Waals surface area contributed by atoms with Gasteiger partial charge in [0.2, 0.25) is 0 Å². The number of carbonyl (C=O) groups is 2. The van der Waals surface area contributed by atoms with E-state index in [1.54, 1.807) is 34.9 Å². The lowest BCUT2D eigenvalue weighted by Crippen LogP contribution is -2.42. The number of hydrogen-bond donors (Lipinski definition) is 3. The molecule has 1 atom stereocenters. The molecule has 2 aromatic heterocycles. The summed E-state index contributed by atoms with van der Waals surface area (Å²) < 4.78 is 30.2. The zero-order valence-corrected chi connectivity index (χ0v) is 20.0. The van der Waals surface area contributed by atoms with Gasteiger partial charge in [0.05, 0.1) is 0 Å². The minimum atomic E-state index is -1.16. The number of imidazole rings is 1. The molecule has 4 aromatic rings. The van der Waals surface area contributed by atoms with E-state index < -0.39 is 35.1 Å². The largest absolute Gasteiger partial charge is 0.480 e. The maximum absolute atomic E-state index is 14.6. The highest BCUT2D eigenvalue weighted by Crippen LogP contribution is 2.33. The van der Waals surface area contributed by atoms with Gasteiger partial charge in [0.15, 0.2) is 0 Å². The van der Waals surface area contributed by atoms with Gasteiger partial charge in [0, 0.05) is 29.3 Å². The van der Waals surface area contributed by atoms with E-state index >= 15 is 0 Å². The Bertz CT molecular complexity index is 1430. The van der Waals surface area contributed by atoms with Crippen LogP contribution in [0.15, 0.2) is 66.9 Å². The molecule has 3 N–H and O–H groups in total. The van der Waals surface area contributed by atoms with Crippen LogP contribution in [0.1, 0.15) is 36.7 Å². The number of nitrogens with one attached hydrogen (secondary N) is 2. The number of rotatable bonds is 7. The summed E-state index contributed by atoms with van der Waals surface area (Å²) in [6, 6.07) is 14.0. The van der Waals surface area contributed by atoms with Crippen molar-refractivity contribution in [1.29, 1.82) is 0 Å². The minimum Gasteiger partial charge on any atom is -0.480 e. The highest BCUT2D eigenvalue weighted by Gasteiger charge is 2.24. The van der Waals surface area contributed by atoms with Crippen LogP contribution in [-0.2, 0) is 11.2 Å². The molecule has 2 heterocycles. The number of nitrogens with zero attached hydrogens (tertiary/aromatic N) is 2. The summed E-state index contributed by atoms with van der Waals surface area (Å²) in [6.07, 6.45) is 1.70. The first-order valence-corrected chi connectivity index (χ1v) is 11.3. The Labute approximate surface area is 206 Å². The number of carboxylic acids is 1. The Morgan fingerprint density at radius 3 is 2.44 bits per heavy atom. The van der Waals surface area contributed by atoms with Gasteiger partial charge < -0.3 is 15.7 Å². The van der Waals surface area contributed by atoms with Gasteiger partial charge in [-0.25, -0.2) is 18.6 Å². The minimum absolute atomic E-state index is 0.0229. The van der Waals surface area contributed by atoms with E-state index in [1.807, 2.05) is 26.8 Å². The molecule has 2 aromatic carbocycles. The fraction of sp³-hybridized carbons (Fsp3) is 0.222. The van der Waals surface area contributed by atoms with Crippen molar-refractivity contribution >= 4 is 23.3 Å². The third-order valence-electron chi connectivity index (χ3n) is 5.45. The predicted octanol–water partition coefficient (Wildman–Crippen LogP) is 4.92. The van der Waals surface area contributed by atoms with Crippen molar-refractivity contribution in [3.63, 3.8) is 0 Å². The fourth-order valence-corrected chi connectivity index (χ4v) is 3.82. The van der Waals surface area contributed by atoms with Crippen molar-refractivity contribution < 1.29 is 23.5 Å². The van der Waals surface area contributed by atoms with E-state index in [0.717, 1.165) is 23.8 Å². The first kappa shape index (κ1) is 24.8. The van der Waals surface area contributed by atoms with Gasteiger partial charge in [-0.05, 0) is 56.7 Å². The van der Waals surface area contributed by atoms with E-state index in [1.165, 1.54) is 12.1 Å². The van der Waals surface area contributed by atoms with Gasteiger partial charge in [-0.1, -0.05) is 30.3 Å². The van der Waals surface area contributed by atoms with Gasteiger partial charge >= 0.3 is 5.97 Å². The highest BCUT2D eigenvalue weighted by molar-refractivity contribution is 5.97. The van der Waals surface area contributed by atoms with Crippen LogP contribution in [0.25, 0.3) is 16.9 Å². The van der Waals surface area contributed by atoms with Crippen molar-refractivity contribution in [1.82, 2.24) is 14.7 Å². The van der Waals surface area contributed by atoms with E-state index in [4.69, 9.17) is 0 Å². The van der Waals surface area contributed by atoms with Crippen LogP contribution in [0.3, 0.4) is 0 Å². The second-order valence-electron chi connectivity index (χ2n) is 9.51. The Morgan fingerprint density at radius 1 is 1.06 bits per heavy atom. The van der Waals surface area contributed by atoms with Gasteiger partial charge in [-0.2, -0.15) is 0 Å². The zero-order chi connectivity index (χ0) is 26.0. The summed E-state index contributed by atoms with van der Waals surface area (Å²) in [5.74, 6) is -2.56. The van der Waals surface area contributed by atoms with E-state index in [0.29, 0.717) is 11.5 Å². The zero-order valence-electron chi connectivity index (χ0n) is 20.0. The summed E-state index contributed by atoms with van der Waals surface area (Å²) in [5, 5.41) is 15.4. The van der Waals surface area contributed by atoms with E-state index in [9.17, 15) is 23.5 Å². The number of halogens is 2. The Balaban J connectivity index is 1.71. The normalized spacial score (nSPS) is 12.4. The molecule has 0 aliphatic rings. The average molecular weight is 493 g/mol. The van der Waals surface area contributed by atoms with Crippen LogP contribution in [0, 0.1) is 11.6 Å². The number of aliphatic carboxylic acids is 1. The van der Waals surface area contributed by atoms with Crippen LogP contribution in [0.5, 0.6) is 0 Å². The SMILES string of the molecule is CC(C)(C)Nc1c(-c2cc(F)ccc2F)nc2cc(C(=O)NC(Cc3ccccc3)C(=O)O)ccn12. The molecule has 9 heteroatoms. The molecule has 0 aliphatic carbocycles. The second kappa shape index (κ2) is 9.77. The standard InChI is InChI=1S/C27H26F2N4O3/c1-27(2,3)32-24-23(19-15-18(28)9-10-20(19)29)31-22-14-17(11-12-33(22)24)25(34)30-21(26(35)36)13-16-7-5-4-6-8-16/h4-12,14-15,21,32H,13H2,1-3H3,(H,30,34)(H,35,36). The smallest absolute Gasteiger partial charge is 0.326 e. The number of fused-ring (bicyclic) bond motifs is 1. The summed E-state index contributed by atoms with van der Waals surface area (Å²) in [4.78, 5) is 29.2. The molecule has 0 saturated heterocycles. The topological polar surface area (TPSA) is 95.7 Å². The molecule has 0 saturated carbocycles. The Morgan fingerprint density at radius 2 is 1.78 bits per heavy atom. The number of anilines is 1. The molecular weight excluding hydrogens is 466 g/mol. The lowest BCUT2D eigenvalue weighted by atomic mass is 10.1. The maximum Gasteiger partial charge on any atom is 0.326 e. The van der Waals surface area contributed by atoms with E-state index in [2.05, 4.69) is 15.6 Å².